The summed E-state index contributed by atoms with van der Waals surface area (Å²) in [5.41, 5.74) is 1.38. The van der Waals surface area contributed by atoms with E-state index in [0.717, 1.165) is 19.1 Å². The van der Waals surface area contributed by atoms with Crippen LogP contribution >= 0.6 is 0 Å². The van der Waals surface area contributed by atoms with E-state index in [2.05, 4.69) is 12.2 Å². The fourth-order valence-electron chi connectivity index (χ4n) is 0.934. The highest BCUT2D eigenvalue weighted by molar-refractivity contribution is 5.52. The second-order valence-corrected chi connectivity index (χ2v) is 2.14. The number of hydrogen-bond acceptors (Lipinski definition) is 1. The second kappa shape index (κ2) is 3.23. The van der Waals surface area contributed by atoms with Gasteiger partial charge in [0, 0.05) is 6.42 Å². The first-order chi connectivity index (χ1) is 4.43. The fourth-order valence-corrected chi connectivity index (χ4v) is 0.934. The second-order valence-electron chi connectivity index (χ2n) is 2.14. The SMILES string of the molecule is O=CCC=C1CC=CC1. The first-order valence-electron chi connectivity index (χ1n) is 3.20. The number of aldehydes is 1. The van der Waals surface area contributed by atoms with Gasteiger partial charge in [0.1, 0.15) is 6.29 Å². The number of rotatable bonds is 2. The van der Waals surface area contributed by atoms with Crippen LogP contribution in [0.15, 0.2) is 23.8 Å². The van der Waals surface area contributed by atoms with Crippen LogP contribution in [0.4, 0.5) is 0 Å². The quantitative estimate of drug-likeness (QED) is 0.403. The summed E-state index contributed by atoms with van der Waals surface area (Å²) in [4.78, 5) is 9.90. The summed E-state index contributed by atoms with van der Waals surface area (Å²) in [5, 5.41) is 0. The average molecular weight is 122 g/mol. The lowest BCUT2D eigenvalue weighted by atomic mass is 10.2. The van der Waals surface area contributed by atoms with Gasteiger partial charge in [-0.25, -0.2) is 0 Å². The Labute approximate surface area is 55.1 Å². The number of carbonyl (C=O) groups is 1. The molecule has 0 saturated carbocycles. The third-order valence-electron chi connectivity index (χ3n) is 1.43. The molecule has 1 nitrogen and oxygen atoms in total. The minimum Gasteiger partial charge on any atom is -0.303 e. The van der Waals surface area contributed by atoms with Gasteiger partial charge in [-0.1, -0.05) is 23.8 Å². The highest BCUT2D eigenvalue weighted by atomic mass is 16.1. The predicted molar refractivity (Wildman–Crippen MR) is 37.1 cm³/mol. The van der Waals surface area contributed by atoms with Crippen molar-refractivity contribution in [2.24, 2.45) is 0 Å². The molecule has 0 spiro atoms. The van der Waals surface area contributed by atoms with Crippen LogP contribution in [0.3, 0.4) is 0 Å². The van der Waals surface area contributed by atoms with Gasteiger partial charge in [0.25, 0.3) is 0 Å². The first-order valence-corrected chi connectivity index (χ1v) is 3.20. The molecule has 0 heterocycles. The maximum atomic E-state index is 9.90. The van der Waals surface area contributed by atoms with E-state index < -0.39 is 0 Å². The predicted octanol–water partition coefficient (Wildman–Crippen LogP) is 1.85. The van der Waals surface area contributed by atoms with Crippen molar-refractivity contribution in [3.8, 4) is 0 Å². The molecule has 0 bridgehead atoms. The van der Waals surface area contributed by atoms with Crippen molar-refractivity contribution < 1.29 is 4.79 Å². The van der Waals surface area contributed by atoms with Gasteiger partial charge in [-0.15, -0.1) is 0 Å². The number of carbonyl (C=O) groups excluding carboxylic acids is 1. The molecule has 0 N–H and O–H groups in total. The summed E-state index contributed by atoms with van der Waals surface area (Å²) in [6, 6.07) is 0. The van der Waals surface area contributed by atoms with Gasteiger partial charge in [-0.3, -0.25) is 0 Å². The molecule has 0 aromatic carbocycles. The highest BCUT2D eigenvalue weighted by Crippen LogP contribution is 2.15. The van der Waals surface area contributed by atoms with Crippen molar-refractivity contribution in [2.75, 3.05) is 0 Å². The molecule has 1 aliphatic carbocycles. The summed E-state index contributed by atoms with van der Waals surface area (Å²) in [6.07, 6.45) is 9.89. The lowest BCUT2D eigenvalue weighted by Crippen LogP contribution is -1.74. The molecule has 0 amide bonds. The van der Waals surface area contributed by atoms with Crippen molar-refractivity contribution in [3.05, 3.63) is 23.8 Å². The van der Waals surface area contributed by atoms with Crippen LogP contribution in [0.1, 0.15) is 19.3 Å². The van der Waals surface area contributed by atoms with Crippen LogP contribution < -0.4 is 0 Å². The monoisotopic (exact) mass is 122 g/mol. The summed E-state index contributed by atoms with van der Waals surface area (Å²) in [5.74, 6) is 0. The zero-order valence-corrected chi connectivity index (χ0v) is 5.34. The van der Waals surface area contributed by atoms with E-state index in [1.165, 1.54) is 5.57 Å². The fraction of sp³-hybridized carbons (Fsp3) is 0.375. The van der Waals surface area contributed by atoms with Gasteiger partial charge in [0.2, 0.25) is 0 Å². The van der Waals surface area contributed by atoms with E-state index in [0.29, 0.717) is 6.42 Å². The Hall–Kier alpha value is -0.850. The molecule has 1 aliphatic rings. The molecule has 1 rings (SSSR count). The topological polar surface area (TPSA) is 17.1 Å². The third-order valence-corrected chi connectivity index (χ3v) is 1.43. The van der Waals surface area contributed by atoms with Crippen molar-refractivity contribution in [1.82, 2.24) is 0 Å². The van der Waals surface area contributed by atoms with E-state index >= 15 is 0 Å². The van der Waals surface area contributed by atoms with E-state index in [-0.39, 0.29) is 0 Å². The Kier molecular flexibility index (Phi) is 2.25. The van der Waals surface area contributed by atoms with Crippen LogP contribution in [0, 0.1) is 0 Å². The molecule has 48 valence electrons. The number of hydrogen-bond donors (Lipinski definition) is 0. The molecule has 0 aliphatic heterocycles. The van der Waals surface area contributed by atoms with Crippen LogP contribution in [0.25, 0.3) is 0 Å². The van der Waals surface area contributed by atoms with Gasteiger partial charge in [0.15, 0.2) is 0 Å². The summed E-state index contributed by atoms with van der Waals surface area (Å²) < 4.78 is 0. The molecule has 0 atom stereocenters. The first kappa shape index (κ1) is 6.27. The van der Waals surface area contributed by atoms with E-state index in [4.69, 9.17) is 0 Å². The van der Waals surface area contributed by atoms with Crippen LogP contribution in [0.5, 0.6) is 0 Å². The largest absolute Gasteiger partial charge is 0.303 e. The van der Waals surface area contributed by atoms with Gasteiger partial charge < -0.3 is 4.79 Å². The summed E-state index contributed by atoms with van der Waals surface area (Å²) in [6.45, 7) is 0. The molecule has 0 unspecified atom stereocenters. The molecule has 0 saturated heterocycles. The normalized spacial score (nSPS) is 16.2. The van der Waals surface area contributed by atoms with E-state index in [1.54, 1.807) is 0 Å². The van der Waals surface area contributed by atoms with Crippen LogP contribution in [-0.2, 0) is 4.79 Å². The lowest BCUT2D eigenvalue weighted by molar-refractivity contribution is -0.107. The molecular formula is C8H10O. The third kappa shape index (κ3) is 1.84. The zero-order valence-electron chi connectivity index (χ0n) is 5.34. The van der Waals surface area contributed by atoms with Crippen molar-refractivity contribution in [1.29, 1.82) is 0 Å². The highest BCUT2D eigenvalue weighted by Gasteiger charge is 1.96. The zero-order chi connectivity index (χ0) is 6.53. The smallest absolute Gasteiger partial charge is 0.123 e. The van der Waals surface area contributed by atoms with Crippen LogP contribution in [0.2, 0.25) is 0 Å². The molecule has 0 fully saturated rings. The molecule has 1 heteroatoms. The Morgan fingerprint density at radius 2 is 2.11 bits per heavy atom. The van der Waals surface area contributed by atoms with E-state index in [1.807, 2.05) is 6.08 Å². The summed E-state index contributed by atoms with van der Waals surface area (Å²) >= 11 is 0. The Morgan fingerprint density at radius 3 is 2.67 bits per heavy atom. The Morgan fingerprint density at radius 1 is 1.44 bits per heavy atom. The standard InChI is InChI=1S/C8H10O/c9-7-3-6-8-4-1-2-5-8/h1-2,6-7H,3-5H2. The van der Waals surface area contributed by atoms with Crippen molar-refractivity contribution >= 4 is 6.29 Å². The van der Waals surface area contributed by atoms with Gasteiger partial charge in [-0.2, -0.15) is 0 Å². The Balaban J connectivity index is 2.34. The Bertz CT molecular complexity index is 144. The number of allylic oxidation sites excluding steroid dienone is 4. The minimum absolute atomic E-state index is 0.580. The molecular weight excluding hydrogens is 112 g/mol. The maximum Gasteiger partial charge on any atom is 0.123 e. The lowest BCUT2D eigenvalue weighted by Gasteiger charge is -1.89. The van der Waals surface area contributed by atoms with Crippen LogP contribution in [-0.4, -0.2) is 6.29 Å². The summed E-state index contributed by atoms with van der Waals surface area (Å²) in [7, 11) is 0. The molecule has 0 radical (unpaired) electrons. The minimum atomic E-state index is 0.580. The molecule has 0 aromatic rings. The van der Waals surface area contributed by atoms with Crippen molar-refractivity contribution in [3.63, 3.8) is 0 Å². The van der Waals surface area contributed by atoms with E-state index in [9.17, 15) is 4.79 Å². The van der Waals surface area contributed by atoms with Gasteiger partial charge in [0.05, 0.1) is 0 Å². The average Bonchev–Trinajstić information content (AvgIpc) is 2.34. The molecule has 9 heavy (non-hydrogen) atoms. The maximum absolute atomic E-state index is 9.90. The van der Waals surface area contributed by atoms with Gasteiger partial charge in [-0.05, 0) is 12.8 Å². The molecule has 0 aromatic heterocycles. The van der Waals surface area contributed by atoms with Gasteiger partial charge >= 0.3 is 0 Å². The van der Waals surface area contributed by atoms with Crippen molar-refractivity contribution in [2.45, 2.75) is 19.3 Å².